The maximum absolute atomic E-state index is 12.5. The van der Waals surface area contributed by atoms with Gasteiger partial charge in [0.2, 0.25) is 0 Å². The Labute approximate surface area is 171 Å². The minimum Gasteiger partial charge on any atom is -0.338 e. The van der Waals surface area contributed by atoms with E-state index < -0.39 is 0 Å². The molecule has 1 aromatic carbocycles. The number of aryl methyl sites for hydroxylation is 1. The van der Waals surface area contributed by atoms with Gasteiger partial charge < -0.3 is 14.8 Å². The van der Waals surface area contributed by atoms with E-state index in [1.807, 2.05) is 41.4 Å². The van der Waals surface area contributed by atoms with E-state index in [9.17, 15) is 4.79 Å². The molecule has 0 bridgehead atoms. The van der Waals surface area contributed by atoms with Crippen molar-refractivity contribution >= 4 is 6.03 Å². The van der Waals surface area contributed by atoms with Crippen LogP contribution in [0, 0.1) is 6.92 Å². The van der Waals surface area contributed by atoms with Crippen molar-refractivity contribution < 1.29 is 4.79 Å². The number of imidazole rings is 1. The van der Waals surface area contributed by atoms with Gasteiger partial charge in [0.25, 0.3) is 0 Å². The van der Waals surface area contributed by atoms with Crippen LogP contribution in [0.15, 0.2) is 61.1 Å². The topological polar surface area (TPSA) is 63.1 Å². The quantitative estimate of drug-likeness (QED) is 0.721. The van der Waals surface area contributed by atoms with Gasteiger partial charge in [-0.2, -0.15) is 0 Å². The number of urea groups is 1. The highest BCUT2D eigenvalue weighted by Gasteiger charge is 2.26. The monoisotopic (exact) mass is 389 g/mol. The molecule has 1 N–H and O–H groups in total. The highest BCUT2D eigenvalue weighted by atomic mass is 16.2. The molecule has 0 saturated carbocycles. The fraction of sp³-hybridized carbons (Fsp3) is 0.348. The van der Waals surface area contributed by atoms with E-state index in [0.717, 1.165) is 49.4 Å². The summed E-state index contributed by atoms with van der Waals surface area (Å²) in [6.45, 7) is 4.28. The van der Waals surface area contributed by atoms with Gasteiger partial charge in [-0.3, -0.25) is 4.98 Å². The molecular weight excluding hydrogens is 362 g/mol. The molecule has 1 saturated heterocycles. The number of benzene rings is 1. The Balaban J connectivity index is 1.33. The summed E-state index contributed by atoms with van der Waals surface area (Å²) in [4.78, 5) is 23.2. The maximum atomic E-state index is 12.5. The normalized spacial score (nSPS) is 14.7. The molecule has 3 heterocycles. The number of carbonyl (C=O) groups is 1. The molecule has 0 spiro atoms. The molecule has 0 atom stereocenters. The van der Waals surface area contributed by atoms with Crippen LogP contribution >= 0.6 is 0 Å². The highest BCUT2D eigenvalue weighted by molar-refractivity contribution is 5.74. The molecule has 1 fully saturated rings. The zero-order valence-corrected chi connectivity index (χ0v) is 16.8. The fourth-order valence-corrected chi connectivity index (χ4v) is 4.02. The number of likely N-dealkylation sites (tertiary alicyclic amines) is 1. The van der Waals surface area contributed by atoms with Crippen LogP contribution in [0.3, 0.4) is 0 Å². The van der Waals surface area contributed by atoms with Crippen molar-refractivity contribution in [3.05, 3.63) is 72.3 Å². The second-order valence-corrected chi connectivity index (χ2v) is 7.51. The SMILES string of the molecule is Cc1cnc(-c2ccncc2)n1C1CCN(C(=O)NCCc2ccccc2)CC1. The minimum absolute atomic E-state index is 0.0380. The number of piperidine rings is 1. The van der Waals surface area contributed by atoms with Crippen molar-refractivity contribution in [1.82, 2.24) is 24.8 Å². The Kier molecular flexibility index (Phi) is 5.89. The number of hydrogen-bond donors (Lipinski definition) is 1. The Hall–Kier alpha value is -3.15. The first-order valence-electron chi connectivity index (χ1n) is 10.2. The van der Waals surface area contributed by atoms with Gasteiger partial charge in [0.15, 0.2) is 0 Å². The lowest BCUT2D eigenvalue weighted by atomic mass is 10.0. The third kappa shape index (κ3) is 4.47. The number of hydrogen-bond acceptors (Lipinski definition) is 3. The number of aromatic nitrogens is 3. The van der Waals surface area contributed by atoms with Crippen LogP contribution in [0.4, 0.5) is 4.79 Å². The summed E-state index contributed by atoms with van der Waals surface area (Å²) < 4.78 is 2.32. The van der Waals surface area contributed by atoms with Crippen molar-refractivity contribution in [2.45, 2.75) is 32.2 Å². The Morgan fingerprint density at radius 3 is 2.55 bits per heavy atom. The number of amides is 2. The van der Waals surface area contributed by atoms with Gasteiger partial charge in [-0.25, -0.2) is 9.78 Å². The zero-order valence-electron chi connectivity index (χ0n) is 16.8. The predicted molar refractivity (Wildman–Crippen MR) is 114 cm³/mol. The van der Waals surface area contributed by atoms with Gasteiger partial charge in [0.1, 0.15) is 5.82 Å². The number of pyridine rings is 1. The lowest BCUT2D eigenvalue weighted by Gasteiger charge is -2.34. The Bertz CT molecular complexity index is 930. The van der Waals surface area contributed by atoms with Crippen molar-refractivity contribution in [1.29, 1.82) is 0 Å². The van der Waals surface area contributed by atoms with E-state index in [1.165, 1.54) is 5.56 Å². The summed E-state index contributed by atoms with van der Waals surface area (Å²) >= 11 is 0. The highest BCUT2D eigenvalue weighted by Crippen LogP contribution is 2.29. The van der Waals surface area contributed by atoms with Crippen molar-refractivity contribution in [3.63, 3.8) is 0 Å². The van der Waals surface area contributed by atoms with E-state index in [4.69, 9.17) is 0 Å². The third-order valence-electron chi connectivity index (χ3n) is 5.57. The molecule has 4 rings (SSSR count). The fourth-order valence-electron chi connectivity index (χ4n) is 4.02. The van der Waals surface area contributed by atoms with Gasteiger partial charge in [-0.05, 0) is 43.9 Å². The third-order valence-corrected chi connectivity index (χ3v) is 5.57. The van der Waals surface area contributed by atoms with Crippen LogP contribution in [0.2, 0.25) is 0 Å². The van der Waals surface area contributed by atoms with Crippen LogP contribution < -0.4 is 5.32 Å². The zero-order chi connectivity index (χ0) is 20.1. The molecule has 0 aliphatic carbocycles. The summed E-state index contributed by atoms with van der Waals surface area (Å²) in [5.74, 6) is 0.982. The van der Waals surface area contributed by atoms with Crippen LogP contribution in [0.5, 0.6) is 0 Å². The van der Waals surface area contributed by atoms with Crippen molar-refractivity contribution in [2.75, 3.05) is 19.6 Å². The standard InChI is InChI=1S/C23H27N5O/c1-18-17-26-22(20-8-12-24-13-9-20)28(18)21-10-15-27(16-11-21)23(29)25-14-7-19-5-3-2-4-6-19/h2-6,8-9,12-13,17,21H,7,10-11,14-16H2,1H3,(H,25,29). The molecule has 150 valence electrons. The Morgan fingerprint density at radius 1 is 1.10 bits per heavy atom. The predicted octanol–water partition coefficient (Wildman–Crippen LogP) is 3.84. The summed E-state index contributed by atoms with van der Waals surface area (Å²) in [6.07, 6.45) is 8.24. The first-order chi connectivity index (χ1) is 14.2. The van der Waals surface area contributed by atoms with E-state index in [2.05, 4.69) is 38.9 Å². The van der Waals surface area contributed by atoms with Crippen LogP contribution in [-0.4, -0.2) is 45.1 Å². The summed E-state index contributed by atoms with van der Waals surface area (Å²) in [5.41, 5.74) is 3.47. The van der Waals surface area contributed by atoms with Crippen molar-refractivity contribution in [3.8, 4) is 11.4 Å². The van der Waals surface area contributed by atoms with Crippen molar-refractivity contribution in [2.24, 2.45) is 0 Å². The Morgan fingerprint density at radius 2 is 1.83 bits per heavy atom. The lowest BCUT2D eigenvalue weighted by Crippen LogP contribution is -2.45. The van der Waals surface area contributed by atoms with Crippen LogP contribution in [0.1, 0.15) is 30.1 Å². The second-order valence-electron chi connectivity index (χ2n) is 7.51. The number of nitrogens with one attached hydrogen (secondary N) is 1. The summed E-state index contributed by atoms with van der Waals surface area (Å²) in [5, 5.41) is 3.06. The van der Waals surface area contributed by atoms with Gasteiger partial charge in [0.05, 0.1) is 0 Å². The van der Waals surface area contributed by atoms with Gasteiger partial charge in [0, 0.05) is 55.5 Å². The molecule has 6 heteroatoms. The number of rotatable bonds is 5. The molecular formula is C23H27N5O. The first kappa shape index (κ1) is 19.2. The molecule has 1 aliphatic rings. The summed E-state index contributed by atoms with van der Waals surface area (Å²) in [6, 6.07) is 14.6. The number of carbonyl (C=O) groups excluding carboxylic acids is 1. The van der Waals surface area contributed by atoms with Crippen LogP contribution in [-0.2, 0) is 6.42 Å². The number of nitrogens with zero attached hydrogens (tertiary/aromatic N) is 4. The molecule has 0 unspecified atom stereocenters. The second kappa shape index (κ2) is 8.90. The smallest absolute Gasteiger partial charge is 0.317 e. The average Bonchev–Trinajstić information content (AvgIpc) is 3.16. The van der Waals surface area contributed by atoms with E-state index in [0.29, 0.717) is 12.6 Å². The van der Waals surface area contributed by atoms with E-state index >= 15 is 0 Å². The van der Waals surface area contributed by atoms with Crippen LogP contribution in [0.25, 0.3) is 11.4 Å². The molecule has 3 aromatic rings. The molecule has 0 radical (unpaired) electrons. The molecule has 1 aliphatic heterocycles. The molecule has 29 heavy (non-hydrogen) atoms. The first-order valence-corrected chi connectivity index (χ1v) is 10.2. The lowest BCUT2D eigenvalue weighted by molar-refractivity contribution is 0.171. The largest absolute Gasteiger partial charge is 0.338 e. The van der Waals surface area contributed by atoms with Gasteiger partial charge in [-0.1, -0.05) is 30.3 Å². The summed E-state index contributed by atoms with van der Waals surface area (Å²) in [7, 11) is 0. The van der Waals surface area contributed by atoms with E-state index in [-0.39, 0.29) is 6.03 Å². The van der Waals surface area contributed by atoms with E-state index in [1.54, 1.807) is 12.4 Å². The molecule has 2 amide bonds. The maximum Gasteiger partial charge on any atom is 0.317 e. The minimum atomic E-state index is 0.0380. The van der Waals surface area contributed by atoms with Gasteiger partial charge >= 0.3 is 6.03 Å². The molecule has 2 aromatic heterocycles. The molecule has 6 nitrogen and oxygen atoms in total. The average molecular weight is 390 g/mol. The van der Waals surface area contributed by atoms with Gasteiger partial charge in [-0.15, -0.1) is 0 Å².